The predicted molar refractivity (Wildman–Crippen MR) is 88.4 cm³/mol. The van der Waals surface area contributed by atoms with Crippen LogP contribution < -0.4 is 4.74 Å². The number of carbonyl (C=O) groups is 1. The lowest BCUT2D eigenvalue weighted by Crippen LogP contribution is -2.45. The van der Waals surface area contributed by atoms with Crippen molar-refractivity contribution < 1.29 is 14.3 Å². The van der Waals surface area contributed by atoms with Crippen molar-refractivity contribution in [3.05, 3.63) is 54.5 Å². The van der Waals surface area contributed by atoms with Crippen molar-refractivity contribution in [1.82, 2.24) is 14.9 Å². The molecule has 0 N–H and O–H groups in total. The zero-order valence-electron chi connectivity index (χ0n) is 13.5. The van der Waals surface area contributed by atoms with Gasteiger partial charge in [0.1, 0.15) is 19.0 Å². The fraction of sp³-hybridized carbons (Fsp3) is 0.389. The molecular formula is C18H21N3O3. The summed E-state index contributed by atoms with van der Waals surface area (Å²) in [4.78, 5) is 22.0. The summed E-state index contributed by atoms with van der Waals surface area (Å²) in [6.07, 6.45) is 4.90. The van der Waals surface area contributed by atoms with E-state index >= 15 is 0 Å². The minimum atomic E-state index is -0.0354. The number of hydrogen-bond acceptors (Lipinski definition) is 5. The van der Waals surface area contributed by atoms with Crippen LogP contribution in [0.4, 0.5) is 0 Å². The van der Waals surface area contributed by atoms with E-state index in [2.05, 4.69) is 9.97 Å². The smallest absolute Gasteiger partial charge is 0.248 e. The topological polar surface area (TPSA) is 64.5 Å². The Hall–Kier alpha value is -2.47. The van der Waals surface area contributed by atoms with Crippen molar-refractivity contribution in [1.29, 1.82) is 0 Å². The molecule has 1 saturated heterocycles. The molecule has 6 nitrogen and oxygen atoms in total. The molecule has 2 heterocycles. The number of aromatic nitrogens is 2. The van der Waals surface area contributed by atoms with Crippen LogP contribution in [0.25, 0.3) is 0 Å². The van der Waals surface area contributed by atoms with Crippen LogP contribution in [-0.4, -0.2) is 46.6 Å². The predicted octanol–water partition coefficient (Wildman–Crippen LogP) is 2.06. The fourth-order valence-corrected chi connectivity index (χ4v) is 2.70. The summed E-state index contributed by atoms with van der Waals surface area (Å²) in [6.45, 7) is 1.85. The Kier molecular flexibility index (Phi) is 5.74. The van der Waals surface area contributed by atoms with E-state index in [0.717, 1.165) is 24.9 Å². The van der Waals surface area contributed by atoms with Crippen LogP contribution in [0.1, 0.15) is 18.4 Å². The molecule has 2 aromatic rings. The summed E-state index contributed by atoms with van der Waals surface area (Å²) in [5.74, 6) is 0.548. The first-order chi connectivity index (χ1) is 11.8. The summed E-state index contributed by atoms with van der Waals surface area (Å²) in [5, 5.41) is 0. The van der Waals surface area contributed by atoms with E-state index < -0.39 is 0 Å². The Balaban J connectivity index is 1.44. The van der Waals surface area contributed by atoms with Crippen LogP contribution in [0, 0.1) is 0 Å². The number of carbonyl (C=O) groups excluding carboxylic acids is 1. The van der Waals surface area contributed by atoms with E-state index in [-0.39, 0.29) is 18.6 Å². The molecular weight excluding hydrogens is 306 g/mol. The van der Waals surface area contributed by atoms with Gasteiger partial charge in [0.2, 0.25) is 11.8 Å². The lowest BCUT2D eigenvalue weighted by atomic mass is 10.1. The second-order valence-electron chi connectivity index (χ2n) is 5.75. The Morgan fingerprint density at radius 1 is 1.25 bits per heavy atom. The number of likely N-dealkylation sites (tertiary alicyclic amines) is 1. The minimum Gasteiger partial charge on any atom is -0.472 e. The molecule has 1 aliphatic heterocycles. The van der Waals surface area contributed by atoms with Gasteiger partial charge in [0.05, 0.1) is 13.2 Å². The lowest BCUT2D eigenvalue weighted by molar-refractivity contribution is -0.139. The third-order valence-electron chi connectivity index (χ3n) is 3.91. The number of benzene rings is 1. The van der Waals surface area contributed by atoms with Crippen LogP contribution in [0.5, 0.6) is 5.88 Å². The zero-order valence-corrected chi connectivity index (χ0v) is 13.5. The first-order valence-electron chi connectivity index (χ1n) is 8.13. The summed E-state index contributed by atoms with van der Waals surface area (Å²) in [5.41, 5.74) is 1.06. The van der Waals surface area contributed by atoms with Crippen LogP contribution in [0.15, 0.2) is 48.9 Å². The van der Waals surface area contributed by atoms with E-state index in [1.54, 1.807) is 17.2 Å². The molecule has 0 saturated carbocycles. The summed E-state index contributed by atoms with van der Waals surface area (Å²) in [6, 6.07) is 11.6. The highest BCUT2D eigenvalue weighted by Gasteiger charge is 2.25. The Bertz CT molecular complexity index is 636. The molecule has 126 valence electrons. The van der Waals surface area contributed by atoms with Gasteiger partial charge in [-0.3, -0.25) is 4.79 Å². The van der Waals surface area contributed by atoms with Gasteiger partial charge in [-0.1, -0.05) is 30.3 Å². The van der Waals surface area contributed by atoms with Crippen molar-refractivity contribution in [2.75, 3.05) is 19.7 Å². The van der Waals surface area contributed by atoms with Crippen LogP contribution in [0.3, 0.4) is 0 Å². The molecule has 0 bridgehead atoms. The Morgan fingerprint density at radius 2 is 2.12 bits per heavy atom. The average Bonchev–Trinajstić information content (AvgIpc) is 2.64. The van der Waals surface area contributed by atoms with Crippen molar-refractivity contribution in [2.45, 2.75) is 25.6 Å². The van der Waals surface area contributed by atoms with Gasteiger partial charge < -0.3 is 14.4 Å². The molecule has 0 radical (unpaired) electrons. The van der Waals surface area contributed by atoms with Gasteiger partial charge in [0.15, 0.2) is 0 Å². The second-order valence-corrected chi connectivity index (χ2v) is 5.75. The van der Waals surface area contributed by atoms with E-state index in [1.165, 1.54) is 6.33 Å². The van der Waals surface area contributed by atoms with Gasteiger partial charge in [-0.2, -0.15) is 0 Å². The highest BCUT2D eigenvalue weighted by atomic mass is 16.5. The molecule has 6 heteroatoms. The molecule has 1 aliphatic rings. The lowest BCUT2D eigenvalue weighted by Gasteiger charge is -2.32. The molecule has 0 spiro atoms. The third kappa shape index (κ3) is 4.76. The normalized spacial score (nSPS) is 17.5. The molecule has 0 aliphatic carbocycles. The van der Waals surface area contributed by atoms with Gasteiger partial charge in [-0.05, 0) is 18.4 Å². The SMILES string of the molecule is O=C(COCc1ccccc1)N1CCC[C@H](Oc2ccncn2)C1. The maximum absolute atomic E-state index is 12.3. The highest BCUT2D eigenvalue weighted by molar-refractivity contribution is 5.77. The van der Waals surface area contributed by atoms with Crippen LogP contribution in [-0.2, 0) is 16.1 Å². The van der Waals surface area contributed by atoms with E-state index in [4.69, 9.17) is 9.47 Å². The van der Waals surface area contributed by atoms with Crippen LogP contribution >= 0.6 is 0 Å². The Labute approximate surface area is 141 Å². The summed E-state index contributed by atoms with van der Waals surface area (Å²) < 4.78 is 11.4. The fourth-order valence-electron chi connectivity index (χ4n) is 2.70. The van der Waals surface area contributed by atoms with Gasteiger partial charge in [-0.15, -0.1) is 0 Å². The quantitative estimate of drug-likeness (QED) is 0.812. The van der Waals surface area contributed by atoms with Crippen molar-refractivity contribution in [3.8, 4) is 5.88 Å². The van der Waals surface area contributed by atoms with Gasteiger partial charge in [-0.25, -0.2) is 9.97 Å². The van der Waals surface area contributed by atoms with E-state index in [9.17, 15) is 4.79 Å². The first kappa shape index (κ1) is 16.4. The Morgan fingerprint density at radius 3 is 2.92 bits per heavy atom. The van der Waals surface area contributed by atoms with Gasteiger partial charge in [0, 0.05) is 18.8 Å². The summed E-state index contributed by atoms with van der Waals surface area (Å²) >= 11 is 0. The minimum absolute atomic E-state index is 0.00178. The average molecular weight is 327 g/mol. The molecule has 1 amide bonds. The van der Waals surface area contributed by atoms with Crippen molar-refractivity contribution in [3.63, 3.8) is 0 Å². The van der Waals surface area contributed by atoms with Crippen molar-refractivity contribution >= 4 is 5.91 Å². The largest absolute Gasteiger partial charge is 0.472 e. The van der Waals surface area contributed by atoms with E-state index in [1.807, 2.05) is 30.3 Å². The molecule has 0 unspecified atom stereocenters. The van der Waals surface area contributed by atoms with E-state index in [0.29, 0.717) is 19.0 Å². The highest BCUT2D eigenvalue weighted by Crippen LogP contribution is 2.16. The maximum Gasteiger partial charge on any atom is 0.248 e. The maximum atomic E-state index is 12.3. The molecule has 3 rings (SSSR count). The third-order valence-corrected chi connectivity index (χ3v) is 3.91. The number of amides is 1. The molecule has 24 heavy (non-hydrogen) atoms. The molecule has 1 aromatic heterocycles. The monoisotopic (exact) mass is 327 g/mol. The number of piperidine rings is 1. The first-order valence-corrected chi connectivity index (χ1v) is 8.13. The summed E-state index contributed by atoms with van der Waals surface area (Å²) in [7, 11) is 0. The van der Waals surface area contributed by atoms with Gasteiger partial charge >= 0.3 is 0 Å². The number of ether oxygens (including phenoxy) is 2. The molecule has 1 fully saturated rings. The van der Waals surface area contributed by atoms with Gasteiger partial charge in [0.25, 0.3) is 0 Å². The zero-order chi connectivity index (χ0) is 16.6. The van der Waals surface area contributed by atoms with Crippen LogP contribution in [0.2, 0.25) is 0 Å². The standard InChI is InChI=1S/C18H21N3O3/c22-18(13-23-12-15-5-2-1-3-6-15)21-10-4-7-16(11-21)24-17-8-9-19-14-20-17/h1-3,5-6,8-9,14,16H,4,7,10-13H2/t16-/m0/s1. The number of rotatable bonds is 6. The number of nitrogens with zero attached hydrogens (tertiary/aromatic N) is 3. The molecule has 1 atom stereocenters. The molecule has 1 aromatic carbocycles. The van der Waals surface area contributed by atoms with Crippen molar-refractivity contribution in [2.24, 2.45) is 0 Å². The second kappa shape index (κ2) is 8.40. The number of hydrogen-bond donors (Lipinski definition) is 0.